The first-order valence-corrected chi connectivity index (χ1v) is 9.98. The van der Waals surface area contributed by atoms with Gasteiger partial charge in [-0.2, -0.15) is 0 Å². The van der Waals surface area contributed by atoms with Gasteiger partial charge in [-0.3, -0.25) is 9.59 Å². The summed E-state index contributed by atoms with van der Waals surface area (Å²) in [6.45, 7) is 2.19. The number of anilines is 1. The maximum absolute atomic E-state index is 11.9. The van der Waals surface area contributed by atoms with Crippen LogP contribution in [0.25, 0.3) is 10.2 Å². The van der Waals surface area contributed by atoms with Crippen LogP contribution in [0.5, 0.6) is 5.75 Å². The summed E-state index contributed by atoms with van der Waals surface area (Å²) < 4.78 is 11.5. The Hall–Kier alpha value is -2.93. The number of carbonyl (C=O) groups excluding carboxylic acids is 2. The van der Waals surface area contributed by atoms with E-state index in [1.165, 1.54) is 0 Å². The van der Waals surface area contributed by atoms with E-state index in [1.54, 1.807) is 35.6 Å². The lowest BCUT2D eigenvalue weighted by Crippen LogP contribution is -2.20. The van der Waals surface area contributed by atoms with E-state index in [9.17, 15) is 9.59 Å². The van der Waals surface area contributed by atoms with Gasteiger partial charge in [0.25, 0.3) is 5.91 Å². The van der Waals surface area contributed by atoms with Crippen molar-refractivity contribution in [3.05, 3.63) is 53.5 Å². The number of rotatable bonds is 9. The maximum Gasteiger partial charge on any atom is 0.306 e. The standard InChI is InChI=1S/C21H22N2O4S/c1-2-26-16-12-10-15(11-13-16)22-19(24)14-27-21(25)9-5-8-20-23-17-6-3-4-7-18(17)28-20/h3-4,6-7,10-13H,2,5,8-9,14H2,1H3,(H,22,24). The Kier molecular flexibility index (Phi) is 6.97. The van der Waals surface area contributed by atoms with Crippen molar-refractivity contribution in [1.82, 2.24) is 4.98 Å². The molecule has 0 unspecified atom stereocenters. The summed E-state index contributed by atoms with van der Waals surface area (Å²) in [5.41, 5.74) is 1.61. The highest BCUT2D eigenvalue weighted by molar-refractivity contribution is 7.18. The number of amides is 1. The van der Waals surface area contributed by atoms with Gasteiger partial charge < -0.3 is 14.8 Å². The van der Waals surface area contributed by atoms with Crippen molar-refractivity contribution in [3.8, 4) is 5.75 Å². The predicted octanol–water partition coefficient (Wildman–Crippen LogP) is 4.20. The lowest BCUT2D eigenvalue weighted by Gasteiger charge is -2.08. The van der Waals surface area contributed by atoms with Crippen LogP contribution in [0.3, 0.4) is 0 Å². The third-order valence-corrected chi connectivity index (χ3v) is 5.02. The first kappa shape index (κ1) is 19.8. The molecule has 0 aliphatic carbocycles. The highest BCUT2D eigenvalue weighted by Crippen LogP contribution is 2.22. The molecule has 28 heavy (non-hydrogen) atoms. The van der Waals surface area contributed by atoms with Crippen LogP contribution in [-0.2, 0) is 20.7 Å². The summed E-state index contributed by atoms with van der Waals surface area (Å²) in [6, 6.07) is 15.0. The van der Waals surface area contributed by atoms with Crippen LogP contribution < -0.4 is 10.1 Å². The number of thiazole rings is 1. The van der Waals surface area contributed by atoms with E-state index in [0.717, 1.165) is 21.0 Å². The number of esters is 1. The van der Waals surface area contributed by atoms with Crippen LogP contribution in [-0.4, -0.2) is 30.1 Å². The van der Waals surface area contributed by atoms with E-state index in [2.05, 4.69) is 10.3 Å². The van der Waals surface area contributed by atoms with Crippen LogP contribution in [0.1, 0.15) is 24.8 Å². The molecular weight excluding hydrogens is 376 g/mol. The minimum Gasteiger partial charge on any atom is -0.494 e. The summed E-state index contributed by atoms with van der Waals surface area (Å²) in [5, 5.41) is 3.69. The van der Waals surface area contributed by atoms with Gasteiger partial charge in [0, 0.05) is 12.1 Å². The number of hydrogen-bond donors (Lipinski definition) is 1. The Balaban J connectivity index is 1.35. The first-order chi connectivity index (χ1) is 13.6. The number of fused-ring (bicyclic) bond motifs is 1. The number of para-hydroxylation sites is 1. The number of benzene rings is 2. The van der Waals surface area contributed by atoms with Crippen molar-refractivity contribution in [1.29, 1.82) is 0 Å². The van der Waals surface area contributed by atoms with E-state index >= 15 is 0 Å². The molecule has 0 bridgehead atoms. The molecule has 1 amide bonds. The molecule has 6 nitrogen and oxygen atoms in total. The fourth-order valence-electron chi connectivity index (χ4n) is 2.63. The van der Waals surface area contributed by atoms with Crippen molar-refractivity contribution in [2.75, 3.05) is 18.5 Å². The third kappa shape index (κ3) is 5.79. The summed E-state index contributed by atoms with van der Waals surface area (Å²) in [5.74, 6) is -0.0216. The molecule has 0 aliphatic rings. The van der Waals surface area contributed by atoms with E-state index < -0.39 is 0 Å². The topological polar surface area (TPSA) is 77.5 Å². The van der Waals surface area contributed by atoms with Gasteiger partial charge in [0.1, 0.15) is 5.75 Å². The van der Waals surface area contributed by atoms with Gasteiger partial charge in [-0.1, -0.05) is 12.1 Å². The van der Waals surface area contributed by atoms with Crippen LogP contribution in [0, 0.1) is 0 Å². The number of hydrogen-bond acceptors (Lipinski definition) is 6. The van der Waals surface area contributed by atoms with Gasteiger partial charge in [-0.05, 0) is 56.2 Å². The summed E-state index contributed by atoms with van der Waals surface area (Å²) in [4.78, 5) is 28.3. The molecule has 1 aromatic heterocycles. The van der Waals surface area contributed by atoms with Crippen molar-refractivity contribution in [2.24, 2.45) is 0 Å². The summed E-state index contributed by atoms with van der Waals surface area (Å²) in [7, 11) is 0. The molecular formula is C21H22N2O4S. The molecule has 0 saturated carbocycles. The highest BCUT2D eigenvalue weighted by Gasteiger charge is 2.09. The number of ether oxygens (including phenoxy) is 2. The van der Waals surface area contributed by atoms with E-state index in [1.807, 2.05) is 31.2 Å². The van der Waals surface area contributed by atoms with Gasteiger partial charge in [-0.25, -0.2) is 4.98 Å². The quantitative estimate of drug-likeness (QED) is 0.547. The second kappa shape index (κ2) is 9.85. The van der Waals surface area contributed by atoms with Gasteiger partial charge in [0.15, 0.2) is 6.61 Å². The Labute approximate surface area is 167 Å². The minimum atomic E-state index is -0.386. The second-order valence-corrected chi connectivity index (χ2v) is 7.21. The number of aromatic nitrogens is 1. The first-order valence-electron chi connectivity index (χ1n) is 9.17. The number of aryl methyl sites for hydroxylation is 1. The lowest BCUT2D eigenvalue weighted by atomic mass is 10.2. The molecule has 1 N–H and O–H groups in total. The molecule has 1 heterocycles. The molecule has 0 fully saturated rings. The van der Waals surface area contributed by atoms with E-state index in [-0.39, 0.29) is 24.9 Å². The van der Waals surface area contributed by atoms with Gasteiger partial charge in [0.2, 0.25) is 0 Å². The molecule has 0 radical (unpaired) electrons. The zero-order chi connectivity index (χ0) is 19.8. The molecule has 3 aromatic rings. The Morgan fingerprint density at radius 3 is 2.64 bits per heavy atom. The highest BCUT2D eigenvalue weighted by atomic mass is 32.1. The van der Waals surface area contributed by atoms with Crippen molar-refractivity contribution >= 4 is 39.1 Å². The fraction of sp³-hybridized carbons (Fsp3) is 0.286. The van der Waals surface area contributed by atoms with Gasteiger partial charge >= 0.3 is 5.97 Å². The lowest BCUT2D eigenvalue weighted by molar-refractivity contribution is -0.147. The molecule has 7 heteroatoms. The zero-order valence-corrected chi connectivity index (χ0v) is 16.5. The molecule has 3 rings (SSSR count). The third-order valence-electron chi connectivity index (χ3n) is 3.92. The van der Waals surface area contributed by atoms with Crippen molar-refractivity contribution in [2.45, 2.75) is 26.2 Å². The molecule has 0 spiro atoms. The molecule has 2 aromatic carbocycles. The van der Waals surface area contributed by atoms with Crippen molar-refractivity contribution in [3.63, 3.8) is 0 Å². The predicted molar refractivity (Wildman–Crippen MR) is 110 cm³/mol. The average molecular weight is 398 g/mol. The molecule has 0 saturated heterocycles. The van der Waals surface area contributed by atoms with Crippen LogP contribution >= 0.6 is 11.3 Å². The normalized spacial score (nSPS) is 10.6. The second-order valence-electron chi connectivity index (χ2n) is 6.10. The molecule has 0 aliphatic heterocycles. The molecule has 0 atom stereocenters. The number of carbonyl (C=O) groups is 2. The van der Waals surface area contributed by atoms with Gasteiger partial charge in [-0.15, -0.1) is 11.3 Å². The maximum atomic E-state index is 11.9. The monoisotopic (exact) mass is 398 g/mol. The summed E-state index contributed by atoms with van der Waals surface area (Å²) >= 11 is 1.64. The Morgan fingerprint density at radius 2 is 1.89 bits per heavy atom. The average Bonchev–Trinajstić information content (AvgIpc) is 3.11. The van der Waals surface area contributed by atoms with Crippen LogP contribution in [0.4, 0.5) is 5.69 Å². The number of nitrogens with one attached hydrogen (secondary N) is 1. The van der Waals surface area contributed by atoms with Gasteiger partial charge in [0.05, 0.1) is 21.8 Å². The van der Waals surface area contributed by atoms with E-state index in [0.29, 0.717) is 25.1 Å². The largest absolute Gasteiger partial charge is 0.494 e. The minimum absolute atomic E-state index is 0.256. The smallest absolute Gasteiger partial charge is 0.306 e. The Bertz CT molecular complexity index is 904. The Morgan fingerprint density at radius 1 is 1.11 bits per heavy atom. The van der Waals surface area contributed by atoms with Crippen LogP contribution in [0.2, 0.25) is 0 Å². The zero-order valence-electron chi connectivity index (χ0n) is 15.6. The van der Waals surface area contributed by atoms with Crippen molar-refractivity contribution < 1.29 is 19.1 Å². The number of nitrogens with zero attached hydrogens (tertiary/aromatic N) is 1. The van der Waals surface area contributed by atoms with Crippen LogP contribution in [0.15, 0.2) is 48.5 Å². The fourth-order valence-corrected chi connectivity index (χ4v) is 3.64. The van der Waals surface area contributed by atoms with E-state index in [4.69, 9.17) is 9.47 Å². The molecule has 146 valence electrons. The SMILES string of the molecule is CCOc1ccc(NC(=O)COC(=O)CCCc2nc3ccccc3s2)cc1. The summed E-state index contributed by atoms with van der Waals surface area (Å²) in [6.07, 6.45) is 1.61.